The van der Waals surface area contributed by atoms with Crippen LogP contribution in [0.3, 0.4) is 0 Å². The number of hydrogen-bond donors (Lipinski definition) is 1. The number of benzene rings is 1. The molecule has 1 N–H and O–H groups in total. The second-order valence-corrected chi connectivity index (χ2v) is 6.94. The zero-order valence-electron chi connectivity index (χ0n) is 12.3. The Balaban J connectivity index is 2.05. The van der Waals surface area contributed by atoms with E-state index in [0.29, 0.717) is 17.9 Å². The summed E-state index contributed by atoms with van der Waals surface area (Å²) in [4.78, 5) is 13.1. The minimum atomic E-state index is -3.41. The van der Waals surface area contributed by atoms with Gasteiger partial charge >= 0.3 is 0 Å². The molecule has 0 fully saturated rings. The van der Waals surface area contributed by atoms with E-state index < -0.39 is 10.2 Å². The van der Waals surface area contributed by atoms with Crippen molar-refractivity contribution in [2.75, 3.05) is 39.2 Å². The Hall–Kier alpha value is -1.64. The van der Waals surface area contributed by atoms with Crippen molar-refractivity contribution >= 4 is 21.8 Å². The van der Waals surface area contributed by atoms with Crippen LogP contribution in [0, 0.1) is 0 Å². The van der Waals surface area contributed by atoms with Crippen molar-refractivity contribution in [1.82, 2.24) is 9.03 Å². The summed E-state index contributed by atoms with van der Waals surface area (Å²) in [5, 5.41) is 0. The van der Waals surface area contributed by atoms with Crippen LogP contribution in [0.15, 0.2) is 18.2 Å². The second-order valence-electron chi connectivity index (χ2n) is 4.98. The predicted octanol–water partition coefficient (Wildman–Crippen LogP) is -0.0197. The van der Waals surface area contributed by atoms with Crippen LogP contribution in [-0.2, 0) is 21.4 Å². The van der Waals surface area contributed by atoms with Gasteiger partial charge in [-0.25, -0.2) is 4.72 Å². The molecule has 0 bridgehead atoms. The van der Waals surface area contributed by atoms with E-state index in [1.54, 1.807) is 18.0 Å². The van der Waals surface area contributed by atoms with Crippen molar-refractivity contribution in [3.05, 3.63) is 23.8 Å². The average molecular weight is 313 g/mol. The van der Waals surface area contributed by atoms with Crippen molar-refractivity contribution in [2.24, 2.45) is 0 Å². The highest BCUT2D eigenvalue weighted by atomic mass is 32.2. The first-order chi connectivity index (χ1) is 9.81. The third-order valence-corrected chi connectivity index (χ3v) is 4.82. The van der Waals surface area contributed by atoms with Gasteiger partial charge in [0, 0.05) is 27.7 Å². The molecule has 0 atom stereocenters. The summed E-state index contributed by atoms with van der Waals surface area (Å²) < 4.78 is 32.1. The van der Waals surface area contributed by atoms with Crippen LogP contribution in [0.2, 0.25) is 0 Å². The van der Waals surface area contributed by atoms with E-state index >= 15 is 0 Å². The monoisotopic (exact) mass is 313 g/mol. The van der Waals surface area contributed by atoms with Crippen molar-refractivity contribution in [3.8, 4) is 5.75 Å². The van der Waals surface area contributed by atoms with E-state index in [4.69, 9.17) is 4.74 Å². The summed E-state index contributed by atoms with van der Waals surface area (Å²) in [6.07, 6.45) is 0.530. The SMILES string of the molecule is CN1C(=O)COc2ccc(CCNS(=O)(=O)N(C)C)cc21. The molecule has 0 aromatic heterocycles. The normalized spacial score (nSPS) is 15.0. The van der Waals surface area contributed by atoms with Gasteiger partial charge in [-0.1, -0.05) is 6.07 Å². The lowest BCUT2D eigenvalue weighted by atomic mass is 10.1. The molecule has 7 nitrogen and oxygen atoms in total. The van der Waals surface area contributed by atoms with Gasteiger partial charge in [-0.3, -0.25) is 4.79 Å². The van der Waals surface area contributed by atoms with Crippen LogP contribution in [0.4, 0.5) is 5.69 Å². The third-order valence-electron chi connectivity index (χ3n) is 3.29. The zero-order valence-corrected chi connectivity index (χ0v) is 13.1. The largest absolute Gasteiger partial charge is 0.482 e. The number of fused-ring (bicyclic) bond motifs is 1. The molecule has 1 aliphatic heterocycles. The van der Waals surface area contributed by atoms with Crippen LogP contribution in [-0.4, -0.2) is 52.9 Å². The van der Waals surface area contributed by atoms with Gasteiger partial charge in [0.15, 0.2) is 6.61 Å². The summed E-state index contributed by atoms with van der Waals surface area (Å²) in [5.74, 6) is 0.558. The van der Waals surface area contributed by atoms with Gasteiger partial charge in [0.2, 0.25) is 0 Å². The number of carbonyl (C=O) groups excluding carboxylic acids is 1. The fourth-order valence-electron chi connectivity index (χ4n) is 1.93. The molecule has 1 amide bonds. The first-order valence-corrected chi connectivity index (χ1v) is 7.94. The zero-order chi connectivity index (χ0) is 15.6. The molecule has 21 heavy (non-hydrogen) atoms. The number of amides is 1. The Kier molecular flexibility index (Phi) is 4.50. The van der Waals surface area contributed by atoms with Crippen LogP contribution in [0.1, 0.15) is 5.56 Å². The second kappa shape index (κ2) is 6.00. The topological polar surface area (TPSA) is 79.0 Å². The maximum atomic E-state index is 11.6. The average Bonchev–Trinajstić information content (AvgIpc) is 2.43. The molecule has 0 saturated carbocycles. The van der Waals surface area contributed by atoms with Crippen LogP contribution in [0.5, 0.6) is 5.75 Å². The molecule has 0 unspecified atom stereocenters. The number of likely N-dealkylation sites (N-methyl/N-ethyl adjacent to an activating group) is 1. The highest BCUT2D eigenvalue weighted by molar-refractivity contribution is 7.87. The van der Waals surface area contributed by atoms with Gasteiger partial charge in [-0.15, -0.1) is 0 Å². The molecule has 0 radical (unpaired) electrons. The van der Waals surface area contributed by atoms with Crippen LogP contribution < -0.4 is 14.4 Å². The molecule has 0 aliphatic carbocycles. The number of carbonyl (C=O) groups is 1. The summed E-state index contributed by atoms with van der Waals surface area (Å²) >= 11 is 0. The van der Waals surface area contributed by atoms with E-state index in [9.17, 15) is 13.2 Å². The van der Waals surface area contributed by atoms with Gasteiger partial charge in [0.25, 0.3) is 16.1 Å². The fourth-order valence-corrected chi connectivity index (χ4v) is 2.54. The highest BCUT2D eigenvalue weighted by Crippen LogP contribution is 2.31. The Labute approximate surface area is 124 Å². The van der Waals surface area contributed by atoms with Crippen LogP contribution in [0.25, 0.3) is 0 Å². The molecular weight excluding hydrogens is 294 g/mol. The fraction of sp³-hybridized carbons (Fsp3) is 0.462. The van der Waals surface area contributed by atoms with Gasteiger partial charge in [0.1, 0.15) is 5.75 Å². The minimum Gasteiger partial charge on any atom is -0.482 e. The van der Waals surface area contributed by atoms with Crippen molar-refractivity contribution in [2.45, 2.75) is 6.42 Å². The van der Waals surface area contributed by atoms with E-state index in [1.165, 1.54) is 14.1 Å². The number of rotatable bonds is 5. The maximum Gasteiger partial charge on any atom is 0.278 e. The molecule has 1 aromatic rings. The quantitative estimate of drug-likeness (QED) is 0.828. The van der Waals surface area contributed by atoms with Crippen molar-refractivity contribution in [1.29, 1.82) is 0 Å². The van der Waals surface area contributed by atoms with Crippen LogP contribution >= 0.6 is 0 Å². The van der Waals surface area contributed by atoms with Gasteiger partial charge < -0.3 is 9.64 Å². The number of nitrogens with zero attached hydrogens (tertiary/aromatic N) is 2. The summed E-state index contributed by atoms with van der Waals surface area (Å²) in [6.45, 7) is 0.337. The molecule has 0 spiro atoms. The first kappa shape index (κ1) is 15.7. The number of anilines is 1. The summed E-state index contributed by atoms with van der Waals surface area (Å²) in [6, 6.07) is 5.51. The maximum absolute atomic E-state index is 11.6. The lowest BCUT2D eigenvalue weighted by Crippen LogP contribution is -2.37. The number of hydrogen-bond acceptors (Lipinski definition) is 4. The smallest absolute Gasteiger partial charge is 0.278 e. The molecular formula is C13H19N3O4S. The van der Waals surface area contributed by atoms with E-state index in [-0.39, 0.29) is 19.1 Å². The minimum absolute atomic E-state index is 0.0471. The van der Waals surface area contributed by atoms with E-state index in [0.717, 1.165) is 9.87 Å². The predicted molar refractivity (Wildman–Crippen MR) is 79.7 cm³/mol. The lowest BCUT2D eigenvalue weighted by molar-refractivity contribution is -0.120. The molecule has 1 heterocycles. The molecule has 0 saturated heterocycles. The van der Waals surface area contributed by atoms with E-state index in [1.807, 2.05) is 12.1 Å². The lowest BCUT2D eigenvalue weighted by Gasteiger charge is -2.26. The Bertz CT molecular complexity index is 643. The highest BCUT2D eigenvalue weighted by Gasteiger charge is 2.22. The molecule has 1 aromatic carbocycles. The van der Waals surface area contributed by atoms with Crippen molar-refractivity contribution in [3.63, 3.8) is 0 Å². The van der Waals surface area contributed by atoms with Gasteiger partial charge in [-0.05, 0) is 24.1 Å². The Morgan fingerprint density at radius 1 is 1.38 bits per heavy atom. The number of nitrogens with one attached hydrogen (secondary N) is 1. The van der Waals surface area contributed by atoms with Gasteiger partial charge in [0.05, 0.1) is 5.69 Å². The standard InChI is InChI=1S/C13H19N3O4S/c1-15(2)21(18,19)14-7-6-10-4-5-12-11(8-10)16(3)13(17)9-20-12/h4-5,8,14H,6-7,9H2,1-3H3. The van der Waals surface area contributed by atoms with Crippen molar-refractivity contribution < 1.29 is 17.9 Å². The molecule has 2 rings (SSSR count). The number of ether oxygens (including phenoxy) is 1. The van der Waals surface area contributed by atoms with Gasteiger partial charge in [-0.2, -0.15) is 12.7 Å². The van der Waals surface area contributed by atoms with E-state index in [2.05, 4.69) is 4.72 Å². The third kappa shape index (κ3) is 3.52. The Morgan fingerprint density at radius 3 is 2.76 bits per heavy atom. The molecule has 116 valence electrons. The first-order valence-electron chi connectivity index (χ1n) is 6.50. The molecule has 1 aliphatic rings. The summed E-state index contributed by atoms with van der Waals surface area (Å²) in [5.41, 5.74) is 1.64. The summed E-state index contributed by atoms with van der Waals surface area (Å²) in [7, 11) is 1.23. The molecule has 8 heteroatoms. The Morgan fingerprint density at radius 2 is 2.10 bits per heavy atom.